The summed E-state index contributed by atoms with van der Waals surface area (Å²) >= 11 is 4.96. The molecule has 0 saturated carbocycles. The van der Waals surface area contributed by atoms with Crippen LogP contribution in [0.2, 0.25) is 0 Å². The monoisotopic (exact) mass is 223 g/mol. The van der Waals surface area contributed by atoms with Crippen molar-refractivity contribution in [2.24, 2.45) is 5.73 Å². The van der Waals surface area contributed by atoms with Crippen molar-refractivity contribution in [3.8, 4) is 0 Å². The van der Waals surface area contributed by atoms with Crippen LogP contribution in [-0.4, -0.2) is 16.5 Å². The van der Waals surface area contributed by atoms with Crippen LogP contribution >= 0.6 is 12.2 Å². The third-order valence-corrected chi connectivity index (χ3v) is 2.40. The lowest BCUT2D eigenvalue weighted by atomic mass is 10.2. The molecule has 0 radical (unpaired) electrons. The minimum atomic E-state index is 0.412. The molecule has 15 heavy (non-hydrogen) atoms. The van der Waals surface area contributed by atoms with Crippen molar-refractivity contribution in [3.05, 3.63) is 24.0 Å². The van der Waals surface area contributed by atoms with Crippen molar-refractivity contribution >= 4 is 22.9 Å². The number of hydrogen-bond acceptors (Lipinski definition) is 3. The number of unbranched alkanes of at least 4 members (excludes halogenated alkanes) is 2. The Morgan fingerprint density at radius 3 is 3.00 bits per heavy atom. The van der Waals surface area contributed by atoms with Crippen LogP contribution in [0.5, 0.6) is 0 Å². The number of nitrogens with zero attached hydrogens (tertiary/aromatic N) is 1. The Bertz CT molecular complexity index is 325. The first-order valence-electron chi connectivity index (χ1n) is 5.23. The van der Waals surface area contributed by atoms with Crippen molar-refractivity contribution in [1.29, 1.82) is 0 Å². The highest BCUT2D eigenvalue weighted by Crippen LogP contribution is 2.13. The maximum atomic E-state index is 5.61. The highest BCUT2D eigenvalue weighted by molar-refractivity contribution is 7.80. The van der Waals surface area contributed by atoms with Crippen LogP contribution in [0.4, 0.5) is 5.69 Å². The van der Waals surface area contributed by atoms with Gasteiger partial charge in [0.05, 0.1) is 11.9 Å². The molecule has 0 atom stereocenters. The minimum Gasteiger partial charge on any atom is -0.389 e. The quantitative estimate of drug-likeness (QED) is 0.574. The summed E-state index contributed by atoms with van der Waals surface area (Å²) < 4.78 is 0. The van der Waals surface area contributed by atoms with Crippen LogP contribution in [-0.2, 0) is 0 Å². The molecule has 3 N–H and O–H groups in total. The Kier molecular flexibility index (Phi) is 5.04. The number of aromatic nitrogens is 1. The summed E-state index contributed by atoms with van der Waals surface area (Å²) in [6.07, 6.45) is 7.07. The highest BCUT2D eigenvalue weighted by Gasteiger charge is 2.03. The van der Waals surface area contributed by atoms with E-state index < -0.39 is 0 Å². The van der Waals surface area contributed by atoms with E-state index in [9.17, 15) is 0 Å². The molecule has 0 aliphatic heterocycles. The summed E-state index contributed by atoms with van der Waals surface area (Å²) in [6, 6.07) is 1.84. The van der Waals surface area contributed by atoms with Crippen LogP contribution in [0.15, 0.2) is 18.5 Å². The SMILES string of the molecule is CCCCCNc1cnccc1C(N)=S. The number of pyridine rings is 1. The molecule has 0 aromatic carbocycles. The lowest BCUT2D eigenvalue weighted by Gasteiger charge is -2.09. The van der Waals surface area contributed by atoms with Gasteiger partial charge in [-0.15, -0.1) is 0 Å². The van der Waals surface area contributed by atoms with Crippen molar-refractivity contribution < 1.29 is 0 Å². The number of rotatable bonds is 6. The molecule has 1 aromatic heterocycles. The predicted octanol–water partition coefficient (Wildman–Crippen LogP) is 2.32. The van der Waals surface area contributed by atoms with Gasteiger partial charge < -0.3 is 11.1 Å². The van der Waals surface area contributed by atoms with Crippen LogP contribution in [0.1, 0.15) is 31.7 Å². The molecular weight excluding hydrogens is 206 g/mol. The van der Waals surface area contributed by atoms with Gasteiger partial charge in [0.2, 0.25) is 0 Å². The molecule has 1 aromatic rings. The topological polar surface area (TPSA) is 50.9 Å². The average molecular weight is 223 g/mol. The van der Waals surface area contributed by atoms with E-state index in [0.29, 0.717) is 4.99 Å². The largest absolute Gasteiger partial charge is 0.389 e. The number of nitrogens with two attached hydrogens (primary N) is 1. The maximum absolute atomic E-state index is 5.61. The molecule has 0 fully saturated rings. The second-order valence-electron chi connectivity index (χ2n) is 3.42. The molecule has 1 rings (SSSR count). The van der Waals surface area contributed by atoms with E-state index in [-0.39, 0.29) is 0 Å². The fourth-order valence-electron chi connectivity index (χ4n) is 1.35. The van der Waals surface area contributed by atoms with Gasteiger partial charge in [0.15, 0.2) is 0 Å². The Morgan fingerprint density at radius 2 is 2.33 bits per heavy atom. The summed E-state index contributed by atoms with van der Waals surface area (Å²) in [5.74, 6) is 0. The van der Waals surface area contributed by atoms with Gasteiger partial charge in [-0.2, -0.15) is 0 Å². The van der Waals surface area contributed by atoms with Gasteiger partial charge in [-0.25, -0.2) is 0 Å². The van der Waals surface area contributed by atoms with E-state index in [1.54, 1.807) is 12.4 Å². The van der Waals surface area contributed by atoms with Crippen molar-refractivity contribution in [2.45, 2.75) is 26.2 Å². The highest BCUT2D eigenvalue weighted by atomic mass is 32.1. The molecule has 82 valence electrons. The minimum absolute atomic E-state index is 0.412. The van der Waals surface area contributed by atoms with E-state index in [1.165, 1.54) is 12.8 Å². The number of nitrogens with one attached hydrogen (secondary N) is 1. The maximum Gasteiger partial charge on any atom is 0.106 e. The van der Waals surface area contributed by atoms with E-state index in [0.717, 1.165) is 24.2 Å². The molecule has 0 unspecified atom stereocenters. The molecule has 3 nitrogen and oxygen atoms in total. The zero-order chi connectivity index (χ0) is 11.1. The lowest BCUT2D eigenvalue weighted by molar-refractivity contribution is 0.743. The summed E-state index contributed by atoms with van der Waals surface area (Å²) in [6.45, 7) is 3.12. The third-order valence-electron chi connectivity index (χ3n) is 2.18. The van der Waals surface area contributed by atoms with Crippen molar-refractivity contribution in [1.82, 2.24) is 4.98 Å². The molecule has 1 heterocycles. The van der Waals surface area contributed by atoms with Gasteiger partial charge in [0, 0.05) is 18.3 Å². The predicted molar refractivity (Wildman–Crippen MR) is 68.1 cm³/mol. The zero-order valence-electron chi connectivity index (χ0n) is 8.99. The van der Waals surface area contributed by atoms with Crippen LogP contribution in [0, 0.1) is 0 Å². The second kappa shape index (κ2) is 6.35. The fraction of sp³-hybridized carbons (Fsp3) is 0.455. The molecule has 0 bridgehead atoms. The Balaban J connectivity index is 2.56. The first kappa shape index (κ1) is 11.9. The van der Waals surface area contributed by atoms with Gasteiger partial charge in [0.1, 0.15) is 4.99 Å². The number of thiocarbonyl (C=S) groups is 1. The second-order valence-corrected chi connectivity index (χ2v) is 3.86. The van der Waals surface area contributed by atoms with E-state index in [1.807, 2.05) is 6.07 Å². The summed E-state index contributed by atoms with van der Waals surface area (Å²) in [7, 11) is 0. The van der Waals surface area contributed by atoms with Crippen LogP contribution in [0.25, 0.3) is 0 Å². The lowest BCUT2D eigenvalue weighted by Crippen LogP contribution is -2.14. The van der Waals surface area contributed by atoms with Gasteiger partial charge in [-0.3, -0.25) is 4.98 Å². The van der Waals surface area contributed by atoms with E-state index >= 15 is 0 Å². The van der Waals surface area contributed by atoms with Gasteiger partial charge in [-0.05, 0) is 12.5 Å². The van der Waals surface area contributed by atoms with Gasteiger partial charge in [0.25, 0.3) is 0 Å². The smallest absolute Gasteiger partial charge is 0.106 e. The van der Waals surface area contributed by atoms with Gasteiger partial charge in [-0.1, -0.05) is 32.0 Å². The number of hydrogen-bond donors (Lipinski definition) is 2. The normalized spacial score (nSPS) is 9.93. The van der Waals surface area contributed by atoms with Gasteiger partial charge >= 0.3 is 0 Å². The Hall–Kier alpha value is -1.16. The summed E-state index contributed by atoms with van der Waals surface area (Å²) in [5, 5.41) is 3.30. The number of anilines is 1. The van der Waals surface area contributed by atoms with Crippen molar-refractivity contribution in [2.75, 3.05) is 11.9 Å². The summed E-state index contributed by atoms with van der Waals surface area (Å²) in [5.41, 5.74) is 7.41. The summed E-state index contributed by atoms with van der Waals surface area (Å²) in [4.78, 5) is 4.46. The first-order chi connectivity index (χ1) is 7.25. The van der Waals surface area contributed by atoms with Crippen LogP contribution < -0.4 is 11.1 Å². The first-order valence-corrected chi connectivity index (χ1v) is 5.64. The molecule has 0 aliphatic carbocycles. The van der Waals surface area contributed by atoms with Crippen LogP contribution in [0.3, 0.4) is 0 Å². The molecule has 0 amide bonds. The average Bonchev–Trinajstić information content (AvgIpc) is 2.25. The Morgan fingerprint density at radius 1 is 1.53 bits per heavy atom. The molecule has 0 aliphatic rings. The molecule has 4 heteroatoms. The third kappa shape index (κ3) is 3.83. The van der Waals surface area contributed by atoms with Crippen molar-refractivity contribution in [3.63, 3.8) is 0 Å². The zero-order valence-corrected chi connectivity index (χ0v) is 9.81. The van der Waals surface area contributed by atoms with E-state index in [4.69, 9.17) is 18.0 Å². The molecular formula is C11H17N3S. The standard InChI is InChI=1S/C11H17N3S/c1-2-3-4-6-14-10-8-13-7-5-9(10)11(12)15/h5,7-8,14H,2-4,6H2,1H3,(H2,12,15). The Labute approximate surface area is 96.1 Å². The molecule has 0 saturated heterocycles. The molecule has 0 spiro atoms. The fourth-order valence-corrected chi connectivity index (χ4v) is 1.53. The van der Waals surface area contributed by atoms with E-state index in [2.05, 4.69) is 17.2 Å².